The first-order chi connectivity index (χ1) is 14.2. The number of nitrogens with zero attached hydrogens (tertiary/aromatic N) is 1. The van der Waals surface area contributed by atoms with Gasteiger partial charge in [-0.3, -0.25) is 0 Å². The zero-order valence-electron chi connectivity index (χ0n) is 16.8. The molecule has 0 spiro atoms. The van der Waals surface area contributed by atoms with Gasteiger partial charge in [0.05, 0.1) is 12.3 Å². The normalized spacial score (nSPS) is 18.9. The second-order valence-electron chi connectivity index (χ2n) is 7.41. The molecular weight excluding hydrogens is 415 g/mol. The number of benzene rings is 2. The Hall–Kier alpha value is -2.55. The van der Waals surface area contributed by atoms with Crippen LogP contribution >= 0.6 is 0 Å². The topological polar surface area (TPSA) is 70.6 Å². The smallest absolute Gasteiger partial charge is 0.191 e. The van der Waals surface area contributed by atoms with E-state index in [0.29, 0.717) is 30.1 Å². The van der Waals surface area contributed by atoms with Crippen molar-refractivity contribution < 1.29 is 21.6 Å². The van der Waals surface area contributed by atoms with E-state index in [4.69, 9.17) is 0 Å². The third kappa shape index (κ3) is 5.75. The fourth-order valence-electron chi connectivity index (χ4n) is 3.36. The molecule has 30 heavy (non-hydrogen) atoms. The quantitative estimate of drug-likeness (QED) is 0.513. The van der Waals surface area contributed by atoms with E-state index in [-0.39, 0.29) is 29.8 Å². The molecule has 2 aromatic rings. The van der Waals surface area contributed by atoms with Crippen molar-refractivity contribution in [1.82, 2.24) is 10.6 Å². The zero-order valence-corrected chi connectivity index (χ0v) is 17.6. The first kappa shape index (κ1) is 22.1. The van der Waals surface area contributed by atoms with Crippen LogP contribution in [0.5, 0.6) is 0 Å². The molecule has 0 heterocycles. The van der Waals surface area contributed by atoms with E-state index < -0.39 is 27.3 Å². The number of sulfone groups is 1. The van der Waals surface area contributed by atoms with Gasteiger partial charge in [0.2, 0.25) is 0 Å². The summed E-state index contributed by atoms with van der Waals surface area (Å²) < 4.78 is 64.9. The minimum absolute atomic E-state index is 0.0589. The van der Waals surface area contributed by atoms with Gasteiger partial charge >= 0.3 is 0 Å². The lowest BCUT2D eigenvalue weighted by molar-refractivity contribution is 0.553. The molecule has 1 saturated carbocycles. The minimum Gasteiger partial charge on any atom is -0.357 e. The van der Waals surface area contributed by atoms with Gasteiger partial charge in [-0.1, -0.05) is 12.1 Å². The van der Waals surface area contributed by atoms with Gasteiger partial charge in [0.1, 0.15) is 17.5 Å². The highest BCUT2D eigenvalue weighted by Crippen LogP contribution is 2.43. The van der Waals surface area contributed by atoms with Crippen molar-refractivity contribution in [3.05, 3.63) is 70.5 Å². The first-order valence-electron chi connectivity index (χ1n) is 9.61. The Morgan fingerprint density at radius 3 is 2.47 bits per heavy atom. The van der Waals surface area contributed by atoms with E-state index >= 15 is 0 Å². The number of nitrogens with one attached hydrogen (secondary N) is 2. The lowest BCUT2D eigenvalue weighted by Gasteiger charge is -2.13. The van der Waals surface area contributed by atoms with Crippen LogP contribution in [-0.4, -0.2) is 33.2 Å². The van der Waals surface area contributed by atoms with E-state index in [0.717, 1.165) is 6.26 Å². The maximum absolute atomic E-state index is 14.0. The summed E-state index contributed by atoms with van der Waals surface area (Å²) in [7, 11) is -3.29. The second kappa shape index (κ2) is 9.07. The summed E-state index contributed by atoms with van der Waals surface area (Å²) >= 11 is 0. The molecule has 0 amide bonds. The molecule has 162 valence electrons. The van der Waals surface area contributed by atoms with Gasteiger partial charge in [-0.25, -0.2) is 26.6 Å². The SMILES string of the molecule is CCNC(=NCc1cc(F)ccc1CS(C)(=O)=O)NC1CC1c1c(F)cccc1F. The molecular formula is C21H24F3N3O2S. The summed E-state index contributed by atoms with van der Waals surface area (Å²) in [6, 6.07) is 7.55. The Balaban J connectivity index is 1.74. The van der Waals surface area contributed by atoms with Crippen molar-refractivity contribution in [3.63, 3.8) is 0 Å². The molecule has 0 aliphatic heterocycles. The van der Waals surface area contributed by atoms with Crippen molar-refractivity contribution in [3.8, 4) is 0 Å². The highest BCUT2D eigenvalue weighted by Gasteiger charge is 2.42. The van der Waals surface area contributed by atoms with E-state index in [9.17, 15) is 21.6 Å². The Morgan fingerprint density at radius 1 is 1.13 bits per heavy atom. The summed E-state index contributed by atoms with van der Waals surface area (Å²) in [5.41, 5.74) is 1.01. The monoisotopic (exact) mass is 439 g/mol. The maximum Gasteiger partial charge on any atom is 0.191 e. The van der Waals surface area contributed by atoms with Crippen LogP contribution in [0, 0.1) is 17.5 Å². The summed E-state index contributed by atoms with van der Waals surface area (Å²) in [4.78, 5) is 4.41. The predicted octanol–water partition coefficient (Wildman–Crippen LogP) is 3.26. The van der Waals surface area contributed by atoms with Gasteiger partial charge in [0.25, 0.3) is 0 Å². The van der Waals surface area contributed by atoms with Crippen LogP contribution in [0.2, 0.25) is 0 Å². The van der Waals surface area contributed by atoms with Crippen LogP contribution < -0.4 is 10.6 Å². The third-order valence-electron chi connectivity index (χ3n) is 4.82. The van der Waals surface area contributed by atoms with Crippen LogP contribution in [0.25, 0.3) is 0 Å². The van der Waals surface area contributed by atoms with Crippen LogP contribution in [0.1, 0.15) is 36.0 Å². The average Bonchev–Trinajstić information content (AvgIpc) is 3.39. The Bertz CT molecular complexity index is 1040. The van der Waals surface area contributed by atoms with Crippen LogP contribution in [0.3, 0.4) is 0 Å². The molecule has 1 fully saturated rings. The molecule has 2 atom stereocenters. The van der Waals surface area contributed by atoms with E-state index in [1.54, 1.807) is 0 Å². The Kier molecular flexibility index (Phi) is 6.70. The second-order valence-corrected chi connectivity index (χ2v) is 9.55. The molecule has 1 aliphatic carbocycles. The van der Waals surface area contributed by atoms with Crippen LogP contribution in [0.4, 0.5) is 13.2 Å². The fraction of sp³-hybridized carbons (Fsp3) is 0.381. The molecule has 3 rings (SSSR count). The van der Waals surface area contributed by atoms with Gasteiger partial charge in [-0.2, -0.15) is 0 Å². The third-order valence-corrected chi connectivity index (χ3v) is 5.66. The highest BCUT2D eigenvalue weighted by molar-refractivity contribution is 7.89. The lowest BCUT2D eigenvalue weighted by Crippen LogP contribution is -2.39. The number of hydrogen-bond acceptors (Lipinski definition) is 3. The average molecular weight is 440 g/mol. The van der Waals surface area contributed by atoms with Crippen molar-refractivity contribution in [2.45, 2.75) is 37.6 Å². The van der Waals surface area contributed by atoms with Crippen molar-refractivity contribution in [2.75, 3.05) is 12.8 Å². The summed E-state index contributed by atoms with van der Waals surface area (Å²) in [5.74, 6) is -1.72. The van der Waals surface area contributed by atoms with Gasteiger partial charge < -0.3 is 10.6 Å². The molecule has 9 heteroatoms. The van der Waals surface area contributed by atoms with E-state index in [1.165, 1.54) is 36.4 Å². The number of rotatable bonds is 7. The highest BCUT2D eigenvalue weighted by atomic mass is 32.2. The molecule has 5 nitrogen and oxygen atoms in total. The number of aliphatic imine (C=N–C) groups is 1. The minimum atomic E-state index is -3.29. The molecule has 0 bridgehead atoms. The van der Waals surface area contributed by atoms with E-state index in [2.05, 4.69) is 15.6 Å². The number of hydrogen-bond donors (Lipinski definition) is 2. The standard InChI is InChI=1S/C21H24F3N3O2S/c1-3-25-21(27-19-10-16(19)20-17(23)5-4-6-18(20)24)26-11-14-9-15(22)8-7-13(14)12-30(2,28)29/h4-9,16,19H,3,10-12H2,1-2H3,(H2,25,26,27). The van der Waals surface area contributed by atoms with E-state index in [1.807, 2.05) is 6.92 Å². The lowest BCUT2D eigenvalue weighted by atomic mass is 10.1. The zero-order chi connectivity index (χ0) is 21.9. The first-order valence-corrected chi connectivity index (χ1v) is 11.7. The molecule has 1 aliphatic rings. The van der Waals surface area contributed by atoms with Gasteiger partial charge in [0, 0.05) is 30.3 Å². The van der Waals surface area contributed by atoms with Gasteiger partial charge in [0.15, 0.2) is 15.8 Å². The molecule has 0 aromatic heterocycles. The van der Waals surface area contributed by atoms with Crippen LogP contribution in [0.15, 0.2) is 41.4 Å². The molecule has 2 unspecified atom stereocenters. The summed E-state index contributed by atoms with van der Waals surface area (Å²) in [6.45, 7) is 2.48. The molecule has 2 N–H and O–H groups in total. The number of halogens is 3. The fourth-order valence-corrected chi connectivity index (χ4v) is 4.21. The Morgan fingerprint density at radius 2 is 1.83 bits per heavy atom. The maximum atomic E-state index is 14.0. The van der Waals surface area contributed by atoms with Gasteiger partial charge in [-0.05, 0) is 48.7 Å². The van der Waals surface area contributed by atoms with Crippen LogP contribution in [-0.2, 0) is 22.1 Å². The molecule has 0 saturated heterocycles. The summed E-state index contributed by atoms with van der Waals surface area (Å²) in [6.07, 6.45) is 1.67. The van der Waals surface area contributed by atoms with Crippen molar-refractivity contribution in [1.29, 1.82) is 0 Å². The van der Waals surface area contributed by atoms with Crippen molar-refractivity contribution in [2.24, 2.45) is 4.99 Å². The molecule has 0 radical (unpaired) electrons. The number of guanidine groups is 1. The molecule has 2 aromatic carbocycles. The predicted molar refractivity (Wildman–Crippen MR) is 110 cm³/mol. The van der Waals surface area contributed by atoms with Gasteiger partial charge in [-0.15, -0.1) is 0 Å². The Labute approximate surface area is 174 Å². The largest absolute Gasteiger partial charge is 0.357 e. The summed E-state index contributed by atoms with van der Waals surface area (Å²) in [5, 5.41) is 6.19. The van der Waals surface area contributed by atoms with Crippen molar-refractivity contribution >= 4 is 15.8 Å².